The van der Waals surface area contributed by atoms with E-state index in [-0.39, 0.29) is 10.8 Å². The van der Waals surface area contributed by atoms with Gasteiger partial charge in [0.1, 0.15) is 11.5 Å². The fraction of sp³-hybridized carbons (Fsp3) is 0.667. The number of benzene rings is 1. The molecule has 0 aliphatic rings. The molecule has 0 saturated carbocycles. The second-order valence-corrected chi connectivity index (χ2v) is 6.57. The van der Waals surface area contributed by atoms with E-state index in [1.807, 2.05) is 12.1 Å². The van der Waals surface area contributed by atoms with E-state index in [0.717, 1.165) is 36.1 Å². The van der Waals surface area contributed by atoms with Crippen LogP contribution in [0.3, 0.4) is 0 Å². The molecule has 1 aromatic rings. The average molecular weight is 278 g/mol. The van der Waals surface area contributed by atoms with Crippen molar-refractivity contribution in [2.45, 2.75) is 71.6 Å². The highest BCUT2D eigenvalue weighted by molar-refractivity contribution is 5.51. The maximum atomic E-state index is 10.5. The Morgan fingerprint density at radius 2 is 1.50 bits per heavy atom. The van der Waals surface area contributed by atoms with E-state index >= 15 is 0 Å². The molecule has 0 aliphatic heterocycles. The summed E-state index contributed by atoms with van der Waals surface area (Å²) in [7, 11) is 1.71. The average Bonchev–Trinajstić information content (AvgIpc) is 2.46. The molecule has 0 heterocycles. The van der Waals surface area contributed by atoms with Crippen molar-refractivity contribution in [1.82, 2.24) is 0 Å². The first kappa shape index (κ1) is 16.9. The largest absolute Gasteiger partial charge is 0.508 e. The van der Waals surface area contributed by atoms with Crippen molar-refractivity contribution < 1.29 is 9.84 Å². The van der Waals surface area contributed by atoms with Crippen molar-refractivity contribution in [2.75, 3.05) is 7.11 Å². The second kappa shape index (κ2) is 6.07. The minimum absolute atomic E-state index is 0.00379. The van der Waals surface area contributed by atoms with Gasteiger partial charge < -0.3 is 9.84 Å². The molecule has 0 amide bonds. The maximum Gasteiger partial charge on any atom is 0.123 e. The van der Waals surface area contributed by atoms with Crippen LogP contribution in [0.5, 0.6) is 11.5 Å². The molecule has 20 heavy (non-hydrogen) atoms. The summed E-state index contributed by atoms with van der Waals surface area (Å²) < 4.78 is 5.60. The molecule has 0 unspecified atom stereocenters. The quantitative estimate of drug-likeness (QED) is 0.778. The van der Waals surface area contributed by atoms with Crippen molar-refractivity contribution in [3.8, 4) is 11.5 Å². The number of phenols is 1. The Labute approximate surface area is 124 Å². The Bertz CT molecular complexity index is 457. The zero-order valence-electron chi connectivity index (χ0n) is 14.1. The highest BCUT2D eigenvalue weighted by atomic mass is 16.5. The lowest BCUT2D eigenvalue weighted by Crippen LogP contribution is -2.22. The first-order valence-corrected chi connectivity index (χ1v) is 7.67. The molecule has 0 saturated heterocycles. The van der Waals surface area contributed by atoms with Crippen molar-refractivity contribution in [3.63, 3.8) is 0 Å². The molecular formula is C18H30O2. The lowest BCUT2D eigenvalue weighted by atomic mass is 9.74. The van der Waals surface area contributed by atoms with Gasteiger partial charge >= 0.3 is 0 Å². The molecule has 2 nitrogen and oxygen atoms in total. The van der Waals surface area contributed by atoms with Crippen molar-refractivity contribution in [1.29, 1.82) is 0 Å². The zero-order chi connectivity index (χ0) is 15.6. The molecule has 0 atom stereocenters. The van der Waals surface area contributed by atoms with Gasteiger partial charge in [-0.1, -0.05) is 41.5 Å². The molecular weight excluding hydrogens is 248 g/mol. The topological polar surface area (TPSA) is 29.5 Å². The number of hydrogen-bond acceptors (Lipinski definition) is 2. The van der Waals surface area contributed by atoms with Gasteiger partial charge in [-0.3, -0.25) is 0 Å². The Balaban J connectivity index is 3.49. The summed E-state index contributed by atoms with van der Waals surface area (Å²) in [5.74, 6) is 1.28. The monoisotopic (exact) mass is 278 g/mol. The first-order chi connectivity index (χ1) is 9.25. The van der Waals surface area contributed by atoms with Crippen LogP contribution < -0.4 is 4.74 Å². The van der Waals surface area contributed by atoms with Gasteiger partial charge in [0.25, 0.3) is 0 Å². The highest BCUT2D eigenvalue weighted by Gasteiger charge is 2.30. The fourth-order valence-corrected chi connectivity index (χ4v) is 2.57. The summed E-state index contributed by atoms with van der Waals surface area (Å²) in [4.78, 5) is 0. The molecule has 2 heteroatoms. The third kappa shape index (κ3) is 2.94. The standard InChI is InChI=1S/C18H30O2/c1-8-17(4,5)14-11-15(19)13(12-16(14)20-7)18(6,9-2)10-3/h11-12,19H,8-10H2,1-7H3. The van der Waals surface area contributed by atoms with Crippen LogP contribution in [0, 0.1) is 0 Å². The van der Waals surface area contributed by atoms with Crippen molar-refractivity contribution in [3.05, 3.63) is 23.3 Å². The highest BCUT2D eigenvalue weighted by Crippen LogP contribution is 2.44. The van der Waals surface area contributed by atoms with Crippen LogP contribution in [0.2, 0.25) is 0 Å². The molecule has 0 bridgehead atoms. The number of aromatic hydroxyl groups is 1. The van der Waals surface area contributed by atoms with Gasteiger partial charge in [0.2, 0.25) is 0 Å². The molecule has 0 aliphatic carbocycles. The van der Waals surface area contributed by atoms with Crippen LogP contribution >= 0.6 is 0 Å². The third-order valence-corrected chi connectivity index (χ3v) is 5.14. The smallest absolute Gasteiger partial charge is 0.123 e. The van der Waals surface area contributed by atoms with E-state index in [0.29, 0.717) is 5.75 Å². The zero-order valence-corrected chi connectivity index (χ0v) is 14.1. The Hall–Kier alpha value is -1.18. The Morgan fingerprint density at radius 1 is 0.950 bits per heavy atom. The summed E-state index contributed by atoms with van der Waals surface area (Å²) in [5.41, 5.74) is 2.07. The van der Waals surface area contributed by atoms with Gasteiger partial charge in [-0.25, -0.2) is 0 Å². The van der Waals surface area contributed by atoms with Crippen LogP contribution in [-0.4, -0.2) is 12.2 Å². The molecule has 0 radical (unpaired) electrons. The molecule has 0 aromatic heterocycles. The predicted octanol–water partition coefficient (Wildman–Crippen LogP) is 5.17. The summed E-state index contributed by atoms with van der Waals surface area (Å²) in [6.45, 7) is 13.1. The number of phenolic OH excluding ortho intramolecular Hbond substituents is 1. The van der Waals surface area contributed by atoms with Crippen LogP contribution in [0.25, 0.3) is 0 Å². The van der Waals surface area contributed by atoms with Gasteiger partial charge in [-0.05, 0) is 42.2 Å². The van der Waals surface area contributed by atoms with Crippen molar-refractivity contribution >= 4 is 0 Å². The predicted molar refractivity (Wildman–Crippen MR) is 85.9 cm³/mol. The van der Waals surface area contributed by atoms with Gasteiger partial charge in [0.05, 0.1) is 7.11 Å². The molecule has 1 rings (SSSR count). The van der Waals surface area contributed by atoms with Gasteiger partial charge in [-0.15, -0.1) is 0 Å². The number of ether oxygens (including phenoxy) is 1. The molecule has 0 fully saturated rings. The number of rotatable bonds is 6. The fourth-order valence-electron chi connectivity index (χ4n) is 2.57. The third-order valence-electron chi connectivity index (χ3n) is 5.14. The van der Waals surface area contributed by atoms with E-state index in [9.17, 15) is 5.11 Å². The Morgan fingerprint density at radius 3 is 1.90 bits per heavy atom. The van der Waals surface area contributed by atoms with E-state index in [1.54, 1.807) is 7.11 Å². The van der Waals surface area contributed by atoms with Crippen LogP contribution in [0.4, 0.5) is 0 Å². The van der Waals surface area contributed by atoms with E-state index < -0.39 is 0 Å². The Kier molecular flexibility index (Phi) is 5.12. The summed E-state index contributed by atoms with van der Waals surface area (Å²) in [6.07, 6.45) is 2.99. The van der Waals surface area contributed by atoms with Crippen molar-refractivity contribution in [2.24, 2.45) is 0 Å². The number of hydrogen-bond donors (Lipinski definition) is 1. The summed E-state index contributed by atoms with van der Waals surface area (Å²) >= 11 is 0. The normalized spacial score (nSPS) is 12.6. The maximum absolute atomic E-state index is 10.5. The summed E-state index contributed by atoms with van der Waals surface area (Å²) in [6, 6.07) is 3.94. The number of methoxy groups -OCH3 is 1. The molecule has 0 spiro atoms. The molecule has 1 aromatic carbocycles. The first-order valence-electron chi connectivity index (χ1n) is 7.67. The lowest BCUT2D eigenvalue weighted by molar-refractivity contribution is 0.368. The SMILES string of the molecule is CCC(C)(C)c1cc(O)c(C(C)(CC)CC)cc1OC. The van der Waals surface area contributed by atoms with Gasteiger partial charge in [0.15, 0.2) is 0 Å². The minimum atomic E-state index is -0.00769. The second-order valence-electron chi connectivity index (χ2n) is 6.57. The van der Waals surface area contributed by atoms with Gasteiger partial charge in [-0.2, -0.15) is 0 Å². The van der Waals surface area contributed by atoms with Gasteiger partial charge in [0, 0.05) is 11.1 Å². The van der Waals surface area contributed by atoms with E-state index in [2.05, 4.69) is 41.5 Å². The van der Waals surface area contributed by atoms with Crippen LogP contribution in [-0.2, 0) is 10.8 Å². The summed E-state index contributed by atoms with van der Waals surface area (Å²) in [5, 5.41) is 10.5. The molecule has 114 valence electrons. The van der Waals surface area contributed by atoms with E-state index in [4.69, 9.17) is 4.74 Å². The minimum Gasteiger partial charge on any atom is -0.508 e. The van der Waals surface area contributed by atoms with E-state index in [1.165, 1.54) is 0 Å². The molecule has 1 N–H and O–H groups in total. The van der Waals surface area contributed by atoms with Crippen LogP contribution in [0.1, 0.15) is 71.9 Å². The van der Waals surface area contributed by atoms with Crippen LogP contribution in [0.15, 0.2) is 12.1 Å². The lowest BCUT2D eigenvalue weighted by Gasteiger charge is -2.31.